The van der Waals surface area contributed by atoms with Crippen LogP contribution >= 0.6 is 0 Å². The maximum Gasteiger partial charge on any atom is 0.323 e. The highest BCUT2D eigenvalue weighted by atomic mass is 16.5. The predicted octanol–water partition coefficient (Wildman–Crippen LogP) is 8.07. The Morgan fingerprint density at radius 1 is 0.772 bits per heavy atom. The van der Waals surface area contributed by atoms with Crippen molar-refractivity contribution >= 4 is 39.9 Å². The van der Waals surface area contributed by atoms with E-state index in [0.29, 0.717) is 36.2 Å². The quantitative estimate of drug-likeness (QED) is 0.0801. The molecule has 0 atom stereocenters. The van der Waals surface area contributed by atoms with Crippen molar-refractivity contribution in [1.82, 2.24) is 24.8 Å². The third kappa shape index (κ3) is 11.5. The highest BCUT2D eigenvalue weighted by Gasteiger charge is 2.24. The number of aryl methyl sites for hydroxylation is 1. The van der Waals surface area contributed by atoms with Crippen molar-refractivity contribution in [1.29, 1.82) is 0 Å². The average molecular weight is 772 g/mol. The van der Waals surface area contributed by atoms with Crippen LogP contribution in [0.2, 0.25) is 0 Å². The van der Waals surface area contributed by atoms with Crippen LogP contribution in [0, 0.1) is 12.8 Å². The first-order valence-electron chi connectivity index (χ1n) is 20.5. The average Bonchev–Trinajstić information content (AvgIpc) is 3.24. The van der Waals surface area contributed by atoms with Gasteiger partial charge in [0.05, 0.1) is 19.2 Å². The van der Waals surface area contributed by atoms with E-state index in [0.717, 1.165) is 78.5 Å². The summed E-state index contributed by atoms with van der Waals surface area (Å²) < 4.78 is 12.0. The van der Waals surface area contributed by atoms with Gasteiger partial charge in [0.2, 0.25) is 0 Å². The van der Waals surface area contributed by atoms with Crippen molar-refractivity contribution in [2.24, 2.45) is 5.92 Å². The number of anilines is 4. The highest BCUT2D eigenvalue weighted by Crippen LogP contribution is 2.34. The second kappa shape index (κ2) is 20.1. The molecular weight excluding hydrogens is 715 g/mol. The molecule has 12 heteroatoms. The number of pyridine rings is 1. The van der Waals surface area contributed by atoms with Gasteiger partial charge in [-0.25, -0.2) is 19.7 Å². The number of piperidine rings is 1. The minimum atomic E-state index is -0.294. The van der Waals surface area contributed by atoms with Crippen molar-refractivity contribution < 1.29 is 14.3 Å². The molecule has 2 aliphatic heterocycles. The Hall–Kier alpha value is -5.46. The number of piperazine rings is 1. The molecule has 0 aliphatic carbocycles. The third-order valence-corrected chi connectivity index (χ3v) is 11.1. The molecule has 5 aromatic rings. The molecule has 4 heterocycles. The SMILES string of the molecule is COc1cc2ncnc(NCc3cccc(NC(=O)Nc4ccc(C)cc4)c3)c2cc1OCCCCCCN1CCC(CN2CCN(c3ccccn3)CC2)CC1. The summed E-state index contributed by atoms with van der Waals surface area (Å²) in [7, 11) is 1.66. The van der Waals surface area contributed by atoms with Crippen LogP contribution in [0.5, 0.6) is 11.5 Å². The van der Waals surface area contributed by atoms with Gasteiger partial charge in [0, 0.05) is 68.3 Å². The number of hydrogen-bond acceptors (Lipinski definition) is 10. The number of ether oxygens (including phenoxy) is 2. The van der Waals surface area contributed by atoms with Crippen molar-refractivity contribution in [2.75, 3.05) is 86.9 Å². The number of benzene rings is 3. The standard InChI is InChI=1S/C45H57N9O3/c1-34-13-15-37(16-14-34)50-45(55)51-38-11-9-10-36(28-38)31-47-44-39-29-42(41(56-2)30-40(39)48-33-49-44)57-27-8-4-3-7-20-52-21-17-35(18-22-52)32-53-23-25-54(26-24-53)43-12-5-6-19-46-43/h5-6,9-16,19,28-30,33,35H,3-4,7-8,17-18,20-27,31-32H2,1-2H3,(H,47,48,49)(H2,50,51,55). The number of carbonyl (C=O) groups is 1. The summed E-state index contributed by atoms with van der Waals surface area (Å²) >= 11 is 0. The van der Waals surface area contributed by atoms with Crippen molar-refractivity contribution in [3.63, 3.8) is 0 Å². The van der Waals surface area contributed by atoms with E-state index < -0.39 is 0 Å². The molecule has 2 aliphatic rings. The Balaban J connectivity index is 0.805. The lowest BCUT2D eigenvalue weighted by molar-refractivity contribution is 0.138. The number of methoxy groups -OCH3 is 1. The Bertz CT molecular complexity index is 2010. The van der Waals surface area contributed by atoms with E-state index in [4.69, 9.17) is 9.47 Å². The molecule has 300 valence electrons. The fourth-order valence-corrected chi connectivity index (χ4v) is 7.78. The van der Waals surface area contributed by atoms with E-state index >= 15 is 0 Å². The van der Waals surface area contributed by atoms with Crippen molar-refractivity contribution in [2.45, 2.75) is 52.0 Å². The molecule has 7 rings (SSSR count). The summed E-state index contributed by atoms with van der Waals surface area (Å²) in [4.78, 5) is 33.9. The first-order chi connectivity index (χ1) is 28.0. The lowest BCUT2D eigenvalue weighted by Crippen LogP contribution is -2.49. The molecule has 0 unspecified atom stereocenters. The van der Waals surface area contributed by atoms with E-state index in [-0.39, 0.29) is 6.03 Å². The van der Waals surface area contributed by atoms with Crippen LogP contribution in [0.25, 0.3) is 10.9 Å². The zero-order valence-corrected chi connectivity index (χ0v) is 33.5. The summed E-state index contributed by atoms with van der Waals surface area (Å²) in [6.07, 6.45) is 10.6. The number of aromatic nitrogens is 3. The van der Waals surface area contributed by atoms with Gasteiger partial charge in [0.1, 0.15) is 18.0 Å². The molecule has 2 fully saturated rings. The third-order valence-electron chi connectivity index (χ3n) is 11.1. The van der Waals surface area contributed by atoms with Gasteiger partial charge >= 0.3 is 6.03 Å². The van der Waals surface area contributed by atoms with E-state index in [1.807, 2.05) is 79.9 Å². The molecule has 3 N–H and O–H groups in total. The molecule has 2 amide bonds. The lowest BCUT2D eigenvalue weighted by atomic mass is 9.95. The maximum atomic E-state index is 12.6. The number of unbranched alkanes of at least 4 members (excludes halogenated alkanes) is 3. The minimum absolute atomic E-state index is 0.294. The molecular formula is C45H57N9O3. The molecule has 0 bridgehead atoms. The first kappa shape index (κ1) is 39.8. The number of nitrogens with zero attached hydrogens (tertiary/aromatic N) is 6. The summed E-state index contributed by atoms with van der Waals surface area (Å²) in [6, 6.07) is 25.2. The number of amides is 2. The molecule has 3 aromatic carbocycles. The zero-order chi connectivity index (χ0) is 39.2. The summed E-state index contributed by atoms with van der Waals surface area (Å²) in [6.45, 7) is 12.4. The predicted molar refractivity (Wildman–Crippen MR) is 230 cm³/mol. The van der Waals surface area contributed by atoms with Crippen LogP contribution in [0.4, 0.5) is 27.8 Å². The Morgan fingerprint density at radius 2 is 1.58 bits per heavy atom. The molecule has 0 radical (unpaired) electrons. The van der Waals surface area contributed by atoms with Crippen molar-refractivity contribution in [3.8, 4) is 11.5 Å². The van der Waals surface area contributed by atoms with Gasteiger partial charge in [-0.15, -0.1) is 0 Å². The number of urea groups is 1. The van der Waals surface area contributed by atoms with Crippen LogP contribution < -0.4 is 30.3 Å². The first-order valence-corrected chi connectivity index (χ1v) is 20.5. The molecule has 2 saturated heterocycles. The molecule has 12 nitrogen and oxygen atoms in total. The van der Waals surface area contributed by atoms with Gasteiger partial charge in [-0.2, -0.15) is 0 Å². The molecule has 0 saturated carbocycles. The zero-order valence-electron chi connectivity index (χ0n) is 33.5. The number of hydrogen-bond donors (Lipinski definition) is 3. The van der Waals surface area contributed by atoms with Gasteiger partial charge in [-0.05, 0) is 106 Å². The summed E-state index contributed by atoms with van der Waals surface area (Å²) in [5, 5.41) is 10.1. The highest BCUT2D eigenvalue weighted by molar-refractivity contribution is 5.99. The molecule has 2 aromatic heterocycles. The van der Waals surface area contributed by atoms with E-state index in [1.54, 1.807) is 13.4 Å². The number of carbonyl (C=O) groups excluding carboxylic acids is 1. The normalized spacial score (nSPS) is 15.4. The van der Waals surface area contributed by atoms with Crippen LogP contribution in [-0.2, 0) is 6.54 Å². The van der Waals surface area contributed by atoms with E-state index in [9.17, 15) is 4.79 Å². The van der Waals surface area contributed by atoms with Gasteiger partial charge in [-0.3, -0.25) is 4.90 Å². The smallest absolute Gasteiger partial charge is 0.323 e. The van der Waals surface area contributed by atoms with Crippen LogP contribution in [0.3, 0.4) is 0 Å². The van der Waals surface area contributed by atoms with Gasteiger partial charge in [-0.1, -0.05) is 48.7 Å². The molecule has 57 heavy (non-hydrogen) atoms. The number of fused-ring (bicyclic) bond motifs is 1. The van der Waals surface area contributed by atoms with Crippen LogP contribution in [-0.4, -0.2) is 96.9 Å². The summed E-state index contributed by atoms with van der Waals surface area (Å²) in [5.41, 5.74) is 4.33. The Kier molecular flexibility index (Phi) is 14.0. The van der Waals surface area contributed by atoms with E-state index in [1.165, 1.54) is 51.9 Å². The van der Waals surface area contributed by atoms with Gasteiger partial charge in [0.15, 0.2) is 11.5 Å². The number of likely N-dealkylation sites (tertiary alicyclic amines) is 1. The van der Waals surface area contributed by atoms with Crippen molar-refractivity contribution in [3.05, 3.63) is 103 Å². The Labute approximate surface area is 337 Å². The lowest BCUT2D eigenvalue weighted by Gasteiger charge is -2.39. The summed E-state index contributed by atoms with van der Waals surface area (Å²) in [5.74, 6) is 3.97. The maximum absolute atomic E-state index is 12.6. The van der Waals surface area contributed by atoms with Gasteiger partial charge < -0.3 is 35.2 Å². The monoisotopic (exact) mass is 771 g/mol. The fraction of sp³-hybridized carbons (Fsp3) is 0.422. The second-order valence-electron chi connectivity index (χ2n) is 15.3. The topological polar surface area (TPSA) is 120 Å². The van der Waals surface area contributed by atoms with Crippen LogP contribution in [0.15, 0.2) is 91.4 Å². The fourth-order valence-electron chi connectivity index (χ4n) is 7.78. The second-order valence-corrected chi connectivity index (χ2v) is 15.3. The Morgan fingerprint density at radius 3 is 2.37 bits per heavy atom. The van der Waals surface area contributed by atoms with Crippen LogP contribution in [0.1, 0.15) is 49.7 Å². The van der Waals surface area contributed by atoms with Gasteiger partial charge in [0.25, 0.3) is 0 Å². The number of nitrogens with one attached hydrogen (secondary N) is 3. The molecule has 0 spiro atoms. The largest absolute Gasteiger partial charge is 0.493 e. The number of rotatable bonds is 17. The minimum Gasteiger partial charge on any atom is -0.493 e. The van der Waals surface area contributed by atoms with E-state index in [2.05, 4.69) is 57.7 Å².